The van der Waals surface area contributed by atoms with Crippen molar-refractivity contribution in [3.8, 4) is 0 Å². The van der Waals surface area contributed by atoms with Gasteiger partial charge in [-0.3, -0.25) is 9.69 Å². The highest BCUT2D eigenvalue weighted by Gasteiger charge is 2.27. The van der Waals surface area contributed by atoms with Crippen LogP contribution in [0.3, 0.4) is 0 Å². The number of sulfonamides is 1. The van der Waals surface area contributed by atoms with Gasteiger partial charge in [0.1, 0.15) is 4.21 Å². The Morgan fingerprint density at radius 1 is 1.41 bits per heavy atom. The van der Waals surface area contributed by atoms with Crippen molar-refractivity contribution >= 4 is 27.3 Å². The molecule has 1 unspecified atom stereocenters. The molecule has 1 saturated heterocycles. The Morgan fingerprint density at radius 3 is 2.55 bits per heavy atom. The number of nitrogens with one attached hydrogen (secondary N) is 1. The zero-order valence-corrected chi connectivity index (χ0v) is 14.5. The molecule has 0 saturated carbocycles. The highest BCUT2D eigenvalue weighted by molar-refractivity contribution is 7.91. The molecule has 0 spiro atoms. The molecule has 0 aromatic carbocycles. The van der Waals surface area contributed by atoms with E-state index in [2.05, 4.69) is 23.5 Å². The lowest BCUT2D eigenvalue weighted by Crippen LogP contribution is -2.45. The van der Waals surface area contributed by atoms with Crippen molar-refractivity contribution in [2.24, 2.45) is 11.7 Å². The van der Waals surface area contributed by atoms with Gasteiger partial charge in [-0.25, -0.2) is 13.1 Å². The second-order valence-corrected chi connectivity index (χ2v) is 8.83. The first-order valence-corrected chi connectivity index (χ1v) is 9.79. The summed E-state index contributed by atoms with van der Waals surface area (Å²) in [4.78, 5) is 13.4. The number of rotatable bonds is 7. The van der Waals surface area contributed by atoms with Gasteiger partial charge in [-0.1, -0.05) is 13.8 Å². The third-order valence-electron chi connectivity index (χ3n) is 3.99. The van der Waals surface area contributed by atoms with Crippen LogP contribution in [0, 0.1) is 5.92 Å². The Morgan fingerprint density at radius 2 is 2.05 bits per heavy atom. The van der Waals surface area contributed by atoms with Crippen molar-refractivity contribution in [2.75, 3.05) is 19.6 Å². The average Bonchev–Trinajstić information content (AvgIpc) is 3.10. The summed E-state index contributed by atoms with van der Waals surface area (Å²) in [5.74, 6) is -0.250. The van der Waals surface area contributed by atoms with E-state index in [9.17, 15) is 13.2 Å². The van der Waals surface area contributed by atoms with E-state index in [4.69, 9.17) is 5.73 Å². The number of hydrogen-bond donors (Lipinski definition) is 2. The fraction of sp³-hybridized carbons (Fsp3) is 0.643. The molecule has 0 bridgehead atoms. The molecule has 124 valence electrons. The van der Waals surface area contributed by atoms with E-state index in [1.807, 2.05) is 0 Å². The molecule has 3 N–H and O–H groups in total. The van der Waals surface area contributed by atoms with E-state index in [-0.39, 0.29) is 15.8 Å². The maximum atomic E-state index is 12.3. The number of carbonyl (C=O) groups is 1. The monoisotopic (exact) mass is 345 g/mol. The van der Waals surface area contributed by atoms with Crippen LogP contribution in [0.15, 0.2) is 15.7 Å². The topological polar surface area (TPSA) is 92.5 Å². The Kier molecular flexibility index (Phi) is 5.60. The molecule has 1 fully saturated rings. The maximum Gasteiger partial charge on any atom is 0.250 e. The first-order chi connectivity index (χ1) is 10.3. The highest BCUT2D eigenvalue weighted by Crippen LogP contribution is 2.21. The molecule has 1 aromatic heterocycles. The normalized spacial score (nSPS) is 18.0. The largest absolute Gasteiger partial charge is 0.366 e. The molecule has 1 aromatic rings. The summed E-state index contributed by atoms with van der Waals surface area (Å²) in [6, 6.07) is 1.52. The van der Waals surface area contributed by atoms with Crippen molar-refractivity contribution in [2.45, 2.75) is 36.9 Å². The predicted octanol–water partition coefficient (Wildman–Crippen LogP) is 1.25. The number of primary amides is 1. The van der Waals surface area contributed by atoms with Gasteiger partial charge in [-0.05, 0) is 37.9 Å². The first kappa shape index (κ1) is 17.4. The Bertz CT molecular complexity index is 619. The zero-order valence-electron chi connectivity index (χ0n) is 12.9. The number of thiophene rings is 1. The van der Waals surface area contributed by atoms with Crippen LogP contribution < -0.4 is 10.5 Å². The number of nitrogens with zero attached hydrogens (tertiary/aromatic N) is 1. The minimum absolute atomic E-state index is 0.130. The molecule has 1 aliphatic heterocycles. The molecule has 0 radical (unpaired) electrons. The number of amides is 1. The number of hydrogen-bond acceptors (Lipinski definition) is 5. The number of nitrogens with two attached hydrogens (primary N) is 1. The van der Waals surface area contributed by atoms with E-state index in [0.29, 0.717) is 12.5 Å². The van der Waals surface area contributed by atoms with Crippen LogP contribution in [0.2, 0.25) is 0 Å². The summed E-state index contributed by atoms with van der Waals surface area (Å²) in [6.45, 7) is 6.63. The smallest absolute Gasteiger partial charge is 0.250 e. The van der Waals surface area contributed by atoms with Crippen LogP contribution in [0.1, 0.15) is 37.0 Å². The van der Waals surface area contributed by atoms with Crippen molar-refractivity contribution in [3.05, 3.63) is 17.0 Å². The summed E-state index contributed by atoms with van der Waals surface area (Å²) in [5, 5.41) is 1.47. The van der Waals surface area contributed by atoms with Gasteiger partial charge in [-0.15, -0.1) is 11.3 Å². The maximum absolute atomic E-state index is 12.3. The number of likely N-dealkylation sites (tertiary alicyclic amines) is 1. The number of carbonyl (C=O) groups excluding carboxylic acids is 1. The van der Waals surface area contributed by atoms with Crippen LogP contribution >= 0.6 is 11.3 Å². The molecule has 1 amide bonds. The van der Waals surface area contributed by atoms with Crippen molar-refractivity contribution in [3.63, 3.8) is 0 Å². The average molecular weight is 345 g/mol. The van der Waals surface area contributed by atoms with Crippen molar-refractivity contribution in [1.29, 1.82) is 0 Å². The van der Waals surface area contributed by atoms with Crippen LogP contribution in [0.4, 0.5) is 0 Å². The molecule has 22 heavy (non-hydrogen) atoms. The van der Waals surface area contributed by atoms with Gasteiger partial charge in [0.05, 0.1) is 5.56 Å². The van der Waals surface area contributed by atoms with E-state index >= 15 is 0 Å². The Hall–Kier alpha value is -0.960. The van der Waals surface area contributed by atoms with Crippen LogP contribution in [-0.4, -0.2) is 44.9 Å². The minimum atomic E-state index is -3.60. The molecule has 8 heteroatoms. The van der Waals surface area contributed by atoms with Crippen molar-refractivity contribution in [1.82, 2.24) is 9.62 Å². The fourth-order valence-corrected chi connectivity index (χ4v) is 4.98. The molecule has 1 atom stereocenters. The molecule has 1 aliphatic rings. The van der Waals surface area contributed by atoms with Crippen LogP contribution in [0.5, 0.6) is 0 Å². The Balaban J connectivity index is 2.05. The van der Waals surface area contributed by atoms with E-state index < -0.39 is 15.9 Å². The van der Waals surface area contributed by atoms with Gasteiger partial charge >= 0.3 is 0 Å². The Labute approximate surface area is 135 Å². The van der Waals surface area contributed by atoms with Gasteiger partial charge in [0.25, 0.3) is 0 Å². The third-order valence-corrected chi connectivity index (χ3v) is 6.85. The van der Waals surface area contributed by atoms with Gasteiger partial charge in [-0.2, -0.15) is 0 Å². The predicted molar refractivity (Wildman–Crippen MR) is 87.5 cm³/mol. The summed E-state index contributed by atoms with van der Waals surface area (Å²) in [5.41, 5.74) is 5.39. The van der Waals surface area contributed by atoms with Crippen LogP contribution in [0.25, 0.3) is 0 Å². The highest BCUT2D eigenvalue weighted by atomic mass is 32.2. The molecular weight excluding hydrogens is 322 g/mol. The standard InChI is InChI=1S/C14H23N3O3S2/c1-10(2)12(17-5-3-4-6-17)8-16-22(19,20)13-7-11(9-21-13)14(15)18/h7,9-10,12,16H,3-6,8H2,1-2H3,(H2,15,18). The fourth-order valence-electron chi connectivity index (χ4n) is 2.71. The molecule has 2 heterocycles. The molecule has 2 rings (SSSR count). The molecular formula is C14H23N3O3S2. The van der Waals surface area contributed by atoms with Gasteiger partial charge in [0.15, 0.2) is 0 Å². The first-order valence-electron chi connectivity index (χ1n) is 7.43. The SMILES string of the molecule is CC(C)C(CNS(=O)(=O)c1cc(C(N)=O)cs1)N1CCCC1. The molecule has 6 nitrogen and oxygen atoms in total. The summed E-state index contributed by atoms with van der Waals surface area (Å²) >= 11 is 1.01. The second kappa shape index (κ2) is 7.08. The van der Waals surface area contributed by atoms with Crippen LogP contribution in [-0.2, 0) is 10.0 Å². The van der Waals surface area contributed by atoms with Crippen molar-refractivity contribution < 1.29 is 13.2 Å². The summed E-state index contributed by atoms with van der Waals surface area (Å²) in [7, 11) is -3.60. The van der Waals surface area contributed by atoms with Gasteiger partial charge in [0, 0.05) is 18.0 Å². The lowest BCUT2D eigenvalue weighted by molar-refractivity contribution is 0.100. The summed E-state index contributed by atoms with van der Waals surface area (Å²) < 4.78 is 27.5. The second-order valence-electron chi connectivity index (χ2n) is 5.93. The van der Waals surface area contributed by atoms with Gasteiger partial charge < -0.3 is 5.73 Å². The third kappa shape index (κ3) is 4.07. The van der Waals surface area contributed by atoms with E-state index in [1.54, 1.807) is 0 Å². The molecule has 0 aliphatic carbocycles. The lowest BCUT2D eigenvalue weighted by atomic mass is 10.0. The lowest BCUT2D eigenvalue weighted by Gasteiger charge is -2.30. The zero-order chi connectivity index (χ0) is 16.3. The summed E-state index contributed by atoms with van der Waals surface area (Å²) in [6.07, 6.45) is 2.34. The minimum Gasteiger partial charge on any atom is -0.366 e. The quantitative estimate of drug-likeness (QED) is 0.778. The van der Waals surface area contributed by atoms with E-state index in [1.165, 1.54) is 24.3 Å². The van der Waals surface area contributed by atoms with E-state index in [0.717, 1.165) is 24.4 Å². The van der Waals surface area contributed by atoms with Gasteiger partial charge in [0.2, 0.25) is 15.9 Å².